The number of benzene rings is 1. The van der Waals surface area contributed by atoms with Crippen molar-refractivity contribution in [3.8, 4) is 0 Å². The molecule has 0 aliphatic carbocycles. The molecule has 0 aliphatic heterocycles. The van der Waals surface area contributed by atoms with Crippen molar-refractivity contribution in [3.63, 3.8) is 0 Å². The molecular weight excluding hydrogens is 373 g/mol. The van der Waals surface area contributed by atoms with Crippen molar-refractivity contribution in [1.29, 1.82) is 0 Å². The van der Waals surface area contributed by atoms with E-state index >= 15 is 0 Å². The van der Waals surface area contributed by atoms with Crippen molar-refractivity contribution >= 4 is 29.9 Å². The van der Waals surface area contributed by atoms with Crippen LogP contribution < -0.4 is 5.73 Å². The molecule has 0 aromatic heterocycles. The fourth-order valence-corrected chi connectivity index (χ4v) is 2.19. The minimum absolute atomic E-state index is 0. The second-order valence-corrected chi connectivity index (χ2v) is 5.41. The first-order valence-corrected chi connectivity index (χ1v) is 7.72. The molecule has 0 bridgehead atoms. The third kappa shape index (κ3) is 7.16. The Morgan fingerprint density at radius 3 is 2.19 bits per heavy atom. The van der Waals surface area contributed by atoms with E-state index in [0.717, 1.165) is 32.5 Å². The Bertz CT molecular complexity index is 409. The van der Waals surface area contributed by atoms with Gasteiger partial charge in [0, 0.05) is 19.6 Å². The molecular formula is C17H30IN3. The zero-order valence-corrected chi connectivity index (χ0v) is 16.1. The molecule has 0 heterocycles. The van der Waals surface area contributed by atoms with E-state index in [0.29, 0.717) is 11.9 Å². The van der Waals surface area contributed by atoms with E-state index in [9.17, 15) is 0 Å². The van der Waals surface area contributed by atoms with Crippen LogP contribution in [0, 0.1) is 0 Å². The van der Waals surface area contributed by atoms with Crippen LogP contribution in [-0.2, 0) is 6.42 Å². The van der Waals surface area contributed by atoms with Gasteiger partial charge in [0.05, 0.1) is 0 Å². The van der Waals surface area contributed by atoms with E-state index in [1.807, 2.05) is 0 Å². The van der Waals surface area contributed by atoms with Gasteiger partial charge in [-0.2, -0.15) is 0 Å². The maximum absolute atomic E-state index is 5.95. The summed E-state index contributed by atoms with van der Waals surface area (Å²) in [6, 6.07) is 8.92. The van der Waals surface area contributed by atoms with E-state index in [2.05, 4.69) is 61.9 Å². The summed E-state index contributed by atoms with van der Waals surface area (Å²) in [6.07, 6.45) is 2.11. The first-order chi connectivity index (χ1) is 9.58. The number of hydrogen-bond acceptors (Lipinski definition) is 1. The lowest BCUT2D eigenvalue weighted by Gasteiger charge is -2.19. The van der Waals surface area contributed by atoms with Crippen LogP contribution in [0.5, 0.6) is 0 Å². The third-order valence-corrected chi connectivity index (χ3v) is 3.63. The molecule has 0 aliphatic rings. The van der Waals surface area contributed by atoms with E-state index in [1.54, 1.807) is 0 Å². The third-order valence-electron chi connectivity index (χ3n) is 3.63. The molecule has 0 atom stereocenters. The summed E-state index contributed by atoms with van der Waals surface area (Å²) in [7, 11) is 0. The zero-order chi connectivity index (χ0) is 15.0. The van der Waals surface area contributed by atoms with Crippen molar-refractivity contribution in [1.82, 2.24) is 4.90 Å². The summed E-state index contributed by atoms with van der Waals surface area (Å²) in [5.41, 5.74) is 8.73. The Kier molecular flexibility index (Phi) is 10.5. The molecule has 0 radical (unpaired) electrons. The van der Waals surface area contributed by atoms with E-state index in [4.69, 9.17) is 5.73 Å². The van der Waals surface area contributed by atoms with Gasteiger partial charge in [0.25, 0.3) is 0 Å². The number of aliphatic imine (C=N–C) groups is 1. The standard InChI is InChI=1S/C17H29N3.HI/c1-5-20(6-2)17(18)19-13-7-8-15-9-11-16(12-10-15)14(3)4;/h9-12,14H,5-8,13H2,1-4H3,(H2,18,19);1H. The lowest BCUT2D eigenvalue weighted by Crippen LogP contribution is -2.37. The molecule has 2 N–H and O–H groups in total. The average molecular weight is 403 g/mol. The molecule has 0 fully saturated rings. The summed E-state index contributed by atoms with van der Waals surface area (Å²) in [5, 5.41) is 0. The average Bonchev–Trinajstić information content (AvgIpc) is 2.45. The van der Waals surface area contributed by atoms with Crippen LogP contribution in [0.3, 0.4) is 0 Å². The summed E-state index contributed by atoms with van der Waals surface area (Å²) in [6.45, 7) is 11.3. The Morgan fingerprint density at radius 1 is 1.14 bits per heavy atom. The molecule has 1 aromatic carbocycles. The molecule has 3 nitrogen and oxygen atoms in total. The van der Waals surface area contributed by atoms with Crippen molar-refractivity contribution < 1.29 is 0 Å². The number of aryl methyl sites for hydroxylation is 1. The second-order valence-electron chi connectivity index (χ2n) is 5.41. The van der Waals surface area contributed by atoms with Crippen molar-refractivity contribution in [2.24, 2.45) is 10.7 Å². The Balaban J connectivity index is 0.00000400. The zero-order valence-electron chi connectivity index (χ0n) is 13.8. The van der Waals surface area contributed by atoms with Crippen LogP contribution in [0.4, 0.5) is 0 Å². The normalized spacial score (nSPS) is 11.4. The van der Waals surface area contributed by atoms with Gasteiger partial charge in [0.2, 0.25) is 0 Å². The molecule has 0 spiro atoms. The highest BCUT2D eigenvalue weighted by atomic mass is 127. The lowest BCUT2D eigenvalue weighted by molar-refractivity contribution is 0.458. The molecule has 1 aromatic rings. The minimum Gasteiger partial charge on any atom is -0.370 e. The van der Waals surface area contributed by atoms with Crippen molar-refractivity contribution in [2.75, 3.05) is 19.6 Å². The number of rotatable bonds is 7. The molecule has 120 valence electrons. The maximum Gasteiger partial charge on any atom is 0.191 e. The monoisotopic (exact) mass is 403 g/mol. The number of guanidine groups is 1. The number of nitrogens with two attached hydrogens (primary N) is 1. The van der Waals surface area contributed by atoms with Gasteiger partial charge in [-0.15, -0.1) is 24.0 Å². The van der Waals surface area contributed by atoms with Gasteiger partial charge in [-0.25, -0.2) is 0 Å². The van der Waals surface area contributed by atoms with Crippen LogP contribution in [0.25, 0.3) is 0 Å². The van der Waals surface area contributed by atoms with E-state index < -0.39 is 0 Å². The first kappa shape index (κ1) is 20.2. The first-order valence-electron chi connectivity index (χ1n) is 7.72. The highest BCUT2D eigenvalue weighted by Gasteiger charge is 2.02. The van der Waals surface area contributed by atoms with Gasteiger partial charge in [0.15, 0.2) is 5.96 Å². The molecule has 21 heavy (non-hydrogen) atoms. The van der Waals surface area contributed by atoms with E-state index in [1.165, 1.54) is 11.1 Å². The van der Waals surface area contributed by atoms with Gasteiger partial charge in [0.1, 0.15) is 0 Å². The SMILES string of the molecule is CCN(CC)C(N)=NCCCc1ccc(C(C)C)cc1.I. The van der Waals surface area contributed by atoms with Crippen LogP contribution in [0.1, 0.15) is 51.2 Å². The summed E-state index contributed by atoms with van der Waals surface area (Å²) >= 11 is 0. The molecule has 1 rings (SSSR count). The lowest BCUT2D eigenvalue weighted by atomic mass is 10.0. The summed E-state index contributed by atoms with van der Waals surface area (Å²) < 4.78 is 0. The van der Waals surface area contributed by atoms with Gasteiger partial charge >= 0.3 is 0 Å². The topological polar surface area (TPSA) is 41.6 Å². The van der Waals surface area contributed by atoms with Crippen LogP contribution in [-0.4, -0.2) is 30.5 Å². The van der Waals surface area contributed by atoms with E-state index in [-0.39, 0.29) is 24.0 Å². The highest BCUT2D eigenvalue weighted by Crippen LogP contribution is 2.15. The predicted molar refractivity (Wildman–Crippen MR) is 104 cm³/mol. The number of halogens is 1. The summed E-state index contributed by atoms with van der Waals surface area (Å²) in [5.74, 6) is 1.27. The van der Waals surface area contributed by atoms with Gasteiger partial charge in [-0.05, 0) is 43.7 Å². The van der Waals surface area contributed by atoms with Crippen molar-refractivity contribution in [2.45, 2.75) is 46.5 Å². The molecule has 0 saturated carbocycles. The van der Waals surface area contributed by atoms with Crippen LogP contribution in [0.15, 0.2) is 29.3 Å². The Labute approximate surface area is 147 Å². The molecule has 0 unspecified atom stereocenters. The smallest absolute Gasteiger partial charge is 0.191 e. The summed E-state index contributed by atoms with van der Waals surface area (Å²) in [4.78, 5) is 6.53. The fraction of sp³-hybridized carbons (Fsp3) is 0.588. The Morgan fingerprint density at radius 2 is 1.71 bits per heavy atom. The maximum atomic E-state index is 5.95. The largest absolute Gasteiger partial charge is 0.370 e. The minimum atomic E-state index is 0. The molecule has 4 heteroatoms. The van der Waals surface area contributed by atoms with Gasteiger partial charge in [-0.3, -0.25) is 4.99 Å². The quantitative estimate of drug-likeness (QED) is 0.324. The number of nitrogens with zero attached hydrogens (tertiary/aromatic N) is 2. The highest BCUT2D eigenvalue weighted by molar-refractivity contribution is 14.0. The van der Waals surface area contributed by atoms with Gasteiger partial charge in [-0.1, -0.05) is 38.1 Å². The molecule has 0 amide bonds. The van der Waals surface area contributed by atoms with Gasteiger partial charge < -0.3 is 10.6 Å². The Hall–Kier alpha value is -0.780. The van der Waals surface area contributed by atoms with Crippen LogP contribution >= 0.6 is 24.0 Å². The van der Waals surface area contributed by atoms with Crippen molar-refractivity contribution in [3.05, 3.63) is 35.4 Å². The number of hydrogen-bond donors (Lipinski definition) is 1. The predicted octanol–water partition coefficient (Wildman–Crippen LogP) is 4.02. The van der Waals surface area contributed by atoms with Crippen LogP contribution in [0.2, 0.25) is 0 Å². The fourth-order valence-electron chi connectivity index (χ4n) is 2.19. The second kappa shape index (κ2) is 10.9. The molecule has 0 saturated heterocycles.